The van der Waals surface area contributed by atoms with Gasteiger partial charge in [-0.2, -0.15) is 0 Å². The lowest BCUT2D eigenvalue weighted by Crippen LogP contribution is -2.41. The van der Waals surface area contributed by atoms with Gasteiger partial charge in [0, 0.05) is 25.8 Å². The molecule has 2 aromatic heterocycles. The summed E-state index contributed by atoms with van der Waals surface area (Å²) in [7, 11) is -0.356. The SMILES string of the molecule is CC1(C)OB(c2cccc3c2sc2ccc(-c4nc5ccccc5s4)cc23)OC1(C)C. The quantitative estimate of drug-likeness (QED) is 0.287. The maximum absolute atomic E-state index is 6.36. The first kappa shape index (κ1) is 19.4. The topological polar surface area (TPSA) is 31.4 Å². The highest BCUT2D eigenvalue weighted by molar-refractivity contribution is 7.27. The molecule has 3 aromatic carbocycles. The standard InChI is InChI=1S/C25H22BNO2S2/c1-24(2)25(3,4)29-26(28-24)18-9-7-8-16-17-14-15(12-13-20(17)30-22(16)18)23-27-19-10-5-6-11-21(19)31-23/h5-14H,1-4H3. The molecule has 0 saturated carbocycles. The fraction of sp³-hybridized carbons (Fsp3) is 0.240. The Morgan fingerprint density at radius 1 is 0.774 bits per heavy atom. The molecule has 154 valence electrons. The molecule has 31 heavy (non-hydrogen) atoms. The van der Waals surface area contributed by atoms with Crippen LogP contribution in [-0.2, 0) is 9.31 Å². The molecular formula is C25H22BNO2S2. The Labute approximate surface area is 189 Å². The van der Waals surface area contributed by atoms with Crippen molar-refractivity contribution in [2.75, 3.05) is 0 Å². The summed E-state index contributed by atoms with van der Waals surface area (Å²) in [4.78, 5) is 4.85. The number of aromatic nitrogens is 1. The van der Waals surface area contributed by atoms with Crippen molar-refractivity contribution < 1.29 is 9.31 Å². The lowest BCUT2D eigenvalue weighted by Gasteiger charge is -2.32. The van der Waals surface area contributed by atoms with E-state index in [1.807, 2.05) is 17.4 Å². The van der Waals surface area contributed by atoms with Gasteiger partial charge in [0.2, 0.25) is 0 Å². The van der Waals surface area contributed by atoms with E-state index < -0.39 is 0 Å². The summed E-state index contributed by atoms with van der Waals surface area (Å²) in [5.41, 5.74) is 2.63. The fourth-order valence-corrected chi connectivity index (χ4v) is 6.27. The number of fused-ring (bicyclic) bond motifs is 4. The number of benzene rings is 3. The molecule has 0 atom stereocenters. The summed E-state index contributed by atoms with van der Waals surface area (Å²) in [5.74, 6) is 0. The van der Waals surface area contributed by atoms with E-state index in [-0.39, 0.29) is 18.3 Å². The van der Waals surface area contributed by atoms with Gasteiger partial charge in [-0.1, -0.05) is 36.4 Å². The van der Waals surface area contributed by atoms with Crippen molar-refractivity contribution >= 4 is 65.6 Å². The van der Waals surface area contributed by atoms with Gasteiger partial charge >= 0.3 is 7.12 Å². The Kier molecular flexibility index (Phi) is 4.16. The molecule has 0 bridgehead atoms. The van der Waals surface area contributed by atoms with Crippen molar-refractivity contribution in [1.82, 2.24) is 4.98 Å². The predicted molar refractivity (Wildman–Crippen MR) is 134 cm³/mol. The van der Waals surface area contributed by atoms with Gasteiger partial charge in [-0.15, -0.1) is 22.7 Å². The van der Waals surface area contributed by atoms with Crippen LogP contribution in [0.3, 0.4) is 0 Å². The molecule has 1 aliphatic rings. The van der Waals surface area contributed by atoms with Crippen LogP contribution in [0, 0.1) is 0 Å². The highest BCUT2D eigenvalue weighted by atomic mass is 32.1. The van der Waals surface area contributed by atoms with Crippen LogP contribution in [0.25, 0.3) is 41.0 Å². The third kappa shape index (κ3) is 2.97. The maximum atomic E-state index is 6.36. The molecule has 0 amide bonds. The van der Waals surface area contributed by atoms with E-state index in [2.05, 4.69) is 82.3 Å². The summed E-state index contributed by atoms with van der Waals surface area (Å²) in [6.07, 6.45) is 0. The Bertz CT molecular complexity index is 1420. The summed E-state index contributed by atoms with van der Waals surface area (Å²) in [6, 6.07) is 21.4. The van der Waals surface area contributed by atoms with E-state index in [0.29, 0.717) is 0 Å². The molecule has 6 rings (SSSR count). The molecule has 1 fully saturated rings. The molecule has 5 aromatic rings. The van der Waals surface area contributed by atoms with Gasteiger partial charge in [0.05, 0.1) is 21.4 Å². The summed E-state index contributed by atoms with van der Waals surface area (Å²) in [5, 5.41) is 3.56. The summed E-state index contributed by atoms with van der Waals surface area (Å²) >= 11 is 3.55. The van der Waals surface area contributed by atoms with Crippen LogP contribution in [-0.4, -0.2) is 23.3 Å². The molecule has 0 aliphatic carbocycles. The third-order valence-electron chi connectivity index (χ3n) is 6.58. The van der Waals surface area contributed by atoms with Crippen LogP contribution in [0.2, 0.25) is 0 Å². The number of nitrogens with zero attached hydrogens (tertiary/aromatic N) is 1. The number of rotatable bonds is 2. The maximum Gasteiger partial charge on any atom is 0.496 e. The molecule has 6 heteroatoms. The van der Waals surface area contributed by atoms with E-state index in [1.54, 1.807) is 11.3 Å². The smallest absolute Gasteiger partial charge is 0.399 e. The van der Waals surface area contributed by atoms with Crippen LogP contribution in [0.1, 0.15) is 27.7 Å². The minimum Gasteiger partial charge on any atom is -0.399 e. The van der Waals surface area contributed by atoms with E-state index in [4.69, 9.17) is 14.3 Å². The Morgan fingerprint density at radius 2 is 1.55 bits per heavy atom. The van der Waals surface area contributed by atoms with Crippen molar-refractivity contribution in [3.63, 3.8) is 0 Å². The molecule has 0 radical (unpaired) electrons. The summed E-state index contributed by atoms with van der Waals surface area (Å²) < 4.78 is 16.4. The molecular weight excluding hydrogens is 421 g/mol. The van der Waals surface area contributed by atoms with Crippen molar-refractivity contribution in [3.8, 4) is 10.6 Å². The first-order valence-electron chi connectivity index (χ1n) is 10.5. The van der Waals surface area contributed by atoms with Gasteiger partial charge in [0.1, 0.15) is 5.01 Å². The van der Waals surface area contributed by atoms with Crippen molar-refractivity contribution in [3.05, 3.63) is 60.7 Å². The van der Waals surface area contributed by atoms with Crippen LogP contribution in [0.15, 0.2) is 60.7 Å². The van der Waals surface area contributed by atoms with E-state index in [9.17, 15) is 0 Å². The zero-order chi connectivity index (χ0) is 21.4. The fourth-order valence-electron chi connectivity index (χ4n) is 4.10. The number of thiophene rings is 1. The number of para-hydroxylation sites is 1. The monoisotopic (exact) mass is 443 g/mol. The highest BCUT2D eigenvalue weighted by Crippen LogP contribution is 2.40. The van der Waals surface area contributed by atoms with E-state index >= 15 is 0 Å². The zero-order valence-corrected chi connectivity index (χ0v) is 19.6. The van der Waals surface area contributed by atoms with E-state index in [1.165, 1.54) is 24.9 Å². The normalized spacial score (nSPS) is 17.9. The van der Waals surface area contributed by atoms with Gasteiger partial charge in [0.25, 0.3) is 0 Å². The van der Waals surface area contributed by atoms with Crippen molar-refractivity contribution in [1.29, 1.82) is 0 Å². The van der Waals surface area contributed by atoms with E-state index in [0.717, 1.165) is 21.6 Å². The number of hydrogen-bond acceptors (Lipinski definition) is 5. The lowest BCUT2D eigenvalue weighted by atomic mass is 9.78. The molecule has 0 N–H and O–H groups in total. The van der Waals surface area contributed by atoms with Gasteiger partial charge in [0.15, 0.2) is 0 Å². The minimum absolute atomic E-state index is 0.351. The largest absolute Gasteiger partial charge is 0.496 e. The van der Waals surface area contributed by atoms with Crippen molar-refractivity contribution in [2.24, 2.45) is 0 Å². The number of hydrogen-bond donors (Lipinski definition) is 0. The van der Waals surface area contributed by atoms with Gasteiger partial charge < -0.3 is 9.31 Å². The average Bonchev–Trinajstić information content (AvgIpc) is 3.38. The molecule has 0 spiro atoms. The first-order chi connectivity index (χ1) is 14.8. The highest BCUT2D eigenvalue weighted by Gasteiger charge is 2.52. The van der Waals surface area contributed by atoms with Crippen LogP contribution in [0.4, 0.5) is 0 Å². The molecule has 3 nitrogen and oxygen atoms in total. The summed E-state index contributed by atoms with van der Waals surface area (Å²) in [6.45, 7) is 8.40. The second kappa shape index (κ2) is 6.63. The van der Waals surface area contributed by atoms with Crippen molar-refractivity contribution in [2.45, 2.75) is 38.9 Å². The third-order valence-corrected chi connectivity index (χ3v) is 8.90. The first-order valence-corrected chi connectivity index (χ1v) is 12.1. The van der Waals surface area contributed by atoms with Crippen LogP contribution >= 0.6 is 22.7 Å². The number of thiazole rings is 1. The average molecular weight is 443 g/mol. The molecule has 1 aliphatic heterocycles. The Hall–Kier alpha value is -2.25. The molecule has 0 unspecified atom stereocenters. The minimum atomic E-state index is -0.356. The lowest BCUT2D eigenvalue weighted by molar-refractivity contribution is 0.00578. The second-order valence-corrected chi connectivity index (χ2v) is 11.2. The predicted octanol–water partition coefficient (Wildman–Crippen LogP) is 6.63. The second-order valence-electron chi connectivity index (χ2n) is 9.11. The van der Waals surface area contributed by atoms with Crippen LogP contribution < -0.4 is 5.46 Å². The Balaban J connectivity index is 1.49. The Morgan fingerprint density at radius 3 is 2.32 bits per heavy atom. The van der Waals surface area contributed by atoms with Gasteiger partial charge in [-0.3, -0.25) is 0 Å². The zero-order valence-electron chi connectivity index (χ0n) is 17.9. The molecule has 1 saturated heterocycles. The molecule has 3 heterocycles. The van der Waals surface area contributed by atoms with Gasteiger partial charge in [-0.25, -0.2) is 4.98 Å². The van der Waals surface area contributed by atoms with Crippen LogP contribution in [0.5, 0.6) is 0 Å². The van der Waals surface area contributed by atoms with Gasteiger partial charge in [-0.05, 0) is 57.3 Å².